The van der Waals surface area contributed by atoms with Crippen LogP contribution in [0.2, 0.25) is 0 Å². The molecular weight excluding hydrogens is 308 g/mol. The van der Waals surface area contributed by atoms with Gasteiger partial charge in [-0.25, -0.2) is 34.3 Å². The number of H-pyrrole nitrogens is 1. The SMILES string of the molecule is CSc1ncnc2c1ncn2-n1cnc2c(=S)nc[nH]c21. The molecule has 10 heteroatoms. The first-order valence-electron chi connectivity index (χ1n) is 5.93. The quantitative estimate of drug-likeness (QED) is 0.342. The molecule has 0 bridgehead atoms. The first-order chi connectivity index (χ1) is 10.3. The number of thioether (sulfide) groups is 1. The third kappa shape index (κ3) is 1.76. The van der Waals surface area contributed by atoms with E-state index >= 15 is 0 Å². The summed E-state index contributed by atoms with van der Waals surface area (Å²) in [5.41, 5.74) is 2.82. The molecule has 0 fully saturated rings. The number of aromatic nitrogens is 8. The molecular formula is C11H8N8S2. The molecule has 0 aromatic carbocycles. The van der Waals surface area contributed by atoms with Crippen LogP contribution in [0.4, 0.5) is 0 Å². The molecule has 4 rings (SSSR count). The molecule has 0 aliphatic rings. The number of hydrogen-bond acceptors (Lipinski definition) is 7. The fraction of sp³-hybridized carbons (Fsp3) is 0.0909. The van der Waals surface area contributed by atoms with Crippen molar-refractivity contribution >= 4 is 46.3 Å². The number of nitrogens with zero attached hydrogens (tertiary/aromatic N) is 7. The van der Waals surface area contributed by atoms with Crippen LogP contribution in [-0.2, 0) is 0 Å². The minimum Gasteiger partial charge on any atom is -0.329 e. The number of fused-ring (bicyclic) bond motifs is 2. The molecule has 8 nitrogen and oxygen atoms in total. The van der Waals surface area contributed by atoms with Crippen molar-refractivity contribution in [3.05, 3.63) is 29.9 Å². The minimum absolute atomic E-state index is 0.450. The lowest BCUT2D eigenvalue weighted by atomic mass is 10.5. The van der Waals surface area contributed by atoms with E-state index in [9.17, 15) is 0 Å². The second-order valence-electron chi connectivity index (χ2n) is 4.14. The number of hydrogen-bond donors (Lipinski definition) is 1. The summed E-state index contributed by atoms with van der Waals surface area (Å²) in [6.45, 7) is 0. The van der Waals surface area contributed by atoms with Gasteiger partial charge in [0.25, 0.3) is 0 Å². The fourth-order valence-electron chi connectivity index (χ4n) is 2.12. The first kappa shape index (κ1) is 12.4. The lowest BCUT2D eigenvalue weighted by molar-refractivity contribution is 0.687. The number of imidazole rings is 2. The van der Waals surface area contributed by atoms with Crippen LogP contribution in [0.25, 0.3) is 22.3 Å². The zero-order valence-corrected chi connectivity index (χ0v) is 12.4. The molecule has 0 amide bonds. The van der Waals surface area contributed by atoms with Crippen molar-refractivity contribution in [3.8, 4) is 0 Å². The highest BCUT2D eigenvalue weighted by Gasteiger charge is 2.13. The maximum Gasteiger partial charge on any atom is 0.184 e. The van der Waals surface area contributed by atoms with Crippen molar-refractivity contribution in [2.24, 2.45) is 0 Å². The van der Waals surface area contributed by atoms with Gasteiger partial charge in [-0.05, 0) is 6.26 Å². The van der Waals surface area contributed by atoms with Gasteiger partial charge in [-0.3, -0.25) is 0 Å². The monoisotopic (exact) mass is 316 g/mol. The molecule has 0 radical (unpaired) electrons. The Morgan fingerprint density at radius 3 is 2.71 bits per heavy atom. The Bertz CT molecular complexity index is 1010. The van der Waals surface area contributed by atoms with Crippen LogP contribution in [0.15, 0.2) is 30.3 Å². The van der Waals surface area contributed by atoms with Gasteiger partial charge >= 0.3 is 0 Å². The van der Waals surface area contributed by atoms with Crippen molar-refractivity contribution < 1.29 is 0 Å². The number of nitrogens with one attached hydrogen (secondary N) is 1. The Morgan fingerprint density at radius 2 is 1.86 bits per heavy atom. The van der Waals surface area contributed by atoms with Crippen molar-refractivity contribution in [2.45, 2.75) is 5.03 Å². The maximum absolute atomic E-state index is 5.17. The Labute approximate surface area is 127 Å². The van der Waals surface area contributed by atoms with Crippen molar-refractivity contribution in [2.75, 3.05) is 6.26 Å². The molecule has 4 aromatic rings. The van der Waals surface area contributed by atoms with Crippen LogP contribution in [0.3, 0.4) is 0 Å². The predicted octanol–water partition coefficient (Wildman–Crippen LogP) is 1.66. The molecule has 104 valence electrons. The maximum atomic E-state index is 5.17. The van der Waals surface area contributed by atoms with Gasteiger partial charge in [0.05, 0.1) is 6.33 Å². The number of rotatable bonds is 2. The van der Waals surface area contributed by atoms with Crippen molar-refractivity contribution in [1.29, 1.82) is 0 Å². The van der Waals surface area contributed by atoms with Crippen LogP contribution < -0.4 is 0 Å². The van der Waals surface area contributed by atoms with Gasteiger partial charge in [0.1, 0.15) is 35.0 Å². The normalized spacial score (nSPS) is 11.5. The van der Waals surface area contributed by atoms with E-state index in [4.69, 9.17) is 12.2 Å². The summed E-state index contributed by atoms with van der Waals surface area (Å²) < 4.78 is 4.03. The molecule has 4 heterocycles. The largest absolute Gasteiger partial charge is 0.329 e. The second kappa shape index (κ2) is 4.60. The zero-order valence-electron chi connectivity index (χ0n) is 10.8. The highest BCUT2D eigenvalue weighted by Crippen LogP contribution is 2.21. The van der Waals surface area contributed by atoms with E-state index in [1.54, 1.807) is 28.3 Å². The van der Waals surface area contributed by atoms with Gasteiger partial charge in [0.15, 0.2) is 15.9 Å². The summed E-state index contributed by atoms with van der Waals surface area (Å²) >= 11 is 6.70. The summed E-state index contributed by atoms with van der Waals surface area (Å²) in [5, 5.41) is 0.831. The second-order valence-corrected chi connectivity index (χ2v) is 5.32. The van der Waals surface area contributed by atoms with Gasteiger partial charge in [0.2, 0.25) is 0 Å². The molecule has 0 atom stereocenters. The lowest BCUT2D eigenvalue weighted by Gasteiger charge is -2.05. The predicted molar refractivity (Wildman–Crippen MR) is 80.6 cm³/mol. The smallest absolute Gasteiger partial charge is 0.184 e. The van der Waals surface area contributed by atoms with Crippen LogP contribution in [-0.4, -0.2) is 45.5 Å². The van der Waals surface area contributed by atoms with E-state index < -0.39 is 0 Å². The van der Waals surface area contributed by atoms with Crippen molar-refractivity contribution in [3.63, 3.8) is 0 Å². The highest BCUT2D eigenvalue weighted by molar-refractivity contribution is 7.98. The Balaban J connectivity index is 2.06. The highest BCUT2D eigenvalue weighted by atomic mass is 32.2. The fourth-order valence-corrected chi connectivity index (χ4v) is 2.81. The van der Waals surface area contributed by atoms with Crippen LogP contribution >= 0.6 is 24.0 Å². The molecule has 0 aliphatic carbocycles. The molecule has 0 aliphatic heterocycles. The van der Waals surface area contributed by atoms with Gasteiger partial charge in [-0.15, -0.1) is 11.8 Å². The van der Waals surface area contributed by atoms with E-state index in [1.807, 2.05) is 6.26 Å². The zero-order chi connectivity index (χ0) is 14.4. The molecule has 0 unspecified atom stereocenters. The van der Waals surface area contributed by atoms with Crippen LogP contribution in [0.1, 0.15) is 0 Å². The standard InChI is InChI=1S/C11H8N8S2/c1-21-11-7-9(13-3-15-11)19(5-17-7)18-4-16-6-8(18)12-2-14-10(6)20/h2-5H,1H3,(H,12,14,20). The van der Waals surface area contributed by atoms with Gasteiger partial charge < -0.3 is 4.98 Å². The topological polar surface area (TPSA) is 90.1 Å². The molecule has 0 saturated heterocycles. The lowest BCUT2D eigenvalue weighted by Crippen LogP contribution is -2.08. The van der Waals surface area contributed by atoms with E-state index in [0.717, 1.165) is 16.2 Å². The Morgan fingerprint density at radius 1 is 1.05 bits per heavy atom. The molecule has 21 heavy (non-hydrogen) atoms. The summed E-state index contributed by atoms with van der Waals surface area (Å²) in [6, 6.07) is 0. The van der Waals surface area contributed by atoms with E-state index in [0.29, 0.717) is 15.8 Å². The Hall–Kier alpha value is -2.33. The molecule has 4 aromatic heterocycles. The van der Waals surface area contributed by atoms with Gasteiger partial charge in [-0.1, -0.05) is 12.2 Å². The minimum atomic E-state index is 0.450. The van der Waals surface area contributed by atoms with E-state index in [-0.39, 0.29) is 0 Å². The van der Waals surface area contributed by atoms with Crippen LogP contribution in [0, 0.1) is 4.64 Å². The third-order valence-corrected chi connectivity index (χ3v) is 4.03. The third-order valence-electron chi connectivity index (χ3n) is 3.04. The average molecular weight is 316 g/mol. The summed E-state index contributed by atoms with van der Waals surface area (Å²) in [6.07, 6.45) is 8.36. The Kier molecular flexibility index (Phi) is 2.72. The molecule has 0 spiro atoms. The first-order valence-corrected chi connectivity index (χ1v) is 7.56. The van der Waals surface area contributed by atoms with Gasteiger partial charge in [0, 0.05) is 0 Å². The number of aromatic amines is 1. The van der Waals surface area contributed by atoms with E-state index in [2.05, 4.69) is 29.9 Å². The average Bonchev–Trinajstić information content (AvgIpc) is 3.11. The van der Waals surface area contributed by atoms with Gasteiger partial charge in [-0.2, -0.15) is 0 Å². The summed E-state index contributed by atoms with van der Waals surface area (Å²) in [5.74, 6) is 0. The summed E-state index contributed by atoms with van der Waals surface area (Å²) in [7, 11) is 0. The summed E-state index contributed by atoms with van der Waals surface area (Å²) in [4.78, 5) is 24.3. The molecule has 0 saturated carbocycles. The molecule has 1 N–H and O–H groups in total. The van der Waals surface area contributed by atoms with E-state index in [1.165, 1.54) is 18.1 Å². The van der Waals surface area contributed by atoms with Crippen LogP contribution in [0.5, 0.6) is 0 Å². The van der Waals surface area contributed by atoms with Crippen molar-refractivity contribution in [1.82, 2.24) is 39.3 Å².